The van der Waals surface area contributed by atoms with Crippen molar-refractivity contribution in [3.63, 3.8) is 0 Å². The van der Waals surface area contributed by atoms with E-state index in [0.717, 1.165) is 49.1 Å². The predicted octanol–water partition coefficient (Wildman–Crippen LogP) is 2.18. The molecule has 1 aliphatic heterocycles. The average Bonchev–Trinajstić information content (AvgIpc) is 2.71. The van der Waals surface area contributed by atoms with Gasteiger partial charge in [-0.25, -0.2) is 9.37 Å². The van der Waals surface area contributed by atoms with Gasteiger partial charge in [0.25, 0.3) is 0 Å². The van der Waals surface area contributed by atoms with E-state index in [1.165, 1.54) is 12.1 Å². The lowest BCUT2D eigenvalue weighted by Gasteiger charge is -2.34. The van der Waals surface area contributed by atoms with Gasteiger partial charge in [0.05, 0.1) is 0 Å². The standard InChI is InChI=1S/C21H29FN6/c1-23-21(27(3)16-17-6-8-19(22)9-7-17)25-15-18-5-4-10-24-20(18)28-13-11-26(2)12-14-28/h4-10H,11-16H2,1-3H3,(H,23,25). The number of hydrogen-bond donors (Lipinski definition) is 1. The fourth-order valence-electron chi connectivity index (χ4n) is 3.37. The molecule has 0 radical (unpaired) electrons. The minimum absolute atomic E-state index is 0.220. The van der Waals surface area contributed by atoms with Crippen LogP contribution in [-0.2, 0) is 13.1 Å². The molecule has 0 bridgehead atoms. The molecular weight excluding hydrogens is 355 g/mol. The summed E-state index contributed by atoms with van der Waals surface area (Å²) in [6.07, 6.45) is 1.85. The van der Waals surface area contributed by atoms with Gasteiger partial charge in [-0.15, -0.1) is 0 Å². The number of hydrogen-bond acceptors (Lipinski definition) is 4. The summed E-state index contributed by atoms with van der Waals surface area (Å²) in [7, 11) is 5.90. The van der Waals surface area contributed by atoms with Crippen LogP contribution in [0.25, 0.3) is 0 Å². The molecule has 0 saturated carbocycles. The lowest BCUT2D eigenvalue weighted by atomic mass is 10.2. The fourth-order valence-corrected chi connectivity index (χ4v) is 3.37. The number of aliphatic imine (C=N–C) groups is 1. The van der Waals surface area contributed by atoms with Gasteiger partial charge in [-0.05, 0) is 30.8 Å². The van der Waals surface area contributed by atoms with Crippen molar-refractivity contribution in [1.29, 1.82) is 0 Å². The van der Waals surface area contributed by atoms with Gasteiger partial charge in [-0.1, -0.05) is 18.2 Å². The quantitative estimate of drug-likeness (QED) is 0.633. The molecule has 1 saturated heterocycles. The number of halogens is 1. The molecule has 1 aromatic carbocycles. The van der Waals surface area contributed by atoms with Gasteiger partial charge in [0.2, 0.25) is 0 Å². The Labute approximate surface area is 166 Å². The third kappa shape index (κ3) is 5.19. The molecule has 2 heterocycles. The van der Waals surface area contributed by atoms with Crippen LogP contribution in [0.3, 0.4) is 0 Å². The number of nitrogens with zero attached hydrogens (tertiary/aromatic N) is 5. The highest BCUT2D eigenvalue weighted by molar-refractivity contribution is 5.79. The Morgan fingerprint density at radius 2 is 1.89 bits per heavy atom. The van der Waals surface area contributed by atoms with E-state index in [-0.39, 0.29) is 5.82 Å². The van der Waals surface area contributed by atoms with E-state index in [1.807, 2.05) is 24.2 Å². The van der Waals surface area contributed by atoms with Crippen LogP contribution >= 0.6 is 0 Å². The highest BCUT2D eigenvalue weighted by Crippen LogP contribution is 2.18. The maximum absolute atomic E-state index is 13.1. The number of anilines is 1. The van der Waals surface area contributed by atoms with Crippen molar-refractivity contribution in [1.82, 2.24) is 20.1 Å². The van der Waals surface area contributed by atoms with Gasteiger partial charge >= 0.3 is 0 Å². The summed E-state index contributed by atoms with van der Waals surface area (Å²) in [6.45, 7) is 5.37. The SMILES string of the molecule is CN=C(NCc1cccnc1N1CCN(C)CC1)N(C)Cc1ccc(F)cc1. The number of guanidine groups is 1. The largest absolute Gasteiger partial charge is 0.354 e. The second-order valence-corrected chi connectivity index (χ2v) is 7.16. The van der Waals surface area contributed by atoms with Crippen LogP contribution in [0.2, 0.25) is 0 Å². The Morgan fingerprint density at radius 3 is 2.57 bits per heavy atom. The Morgan fingerprint density at radius 1 is 1.18 bits per heavy atom. The number of aromatic nitrogens is 1. The summed E-state index contributed by atoms with van der Waals surface area (Å²) in [5.74, 6) is 1.61. The van der Waals surface area contributed by atoms with Gasteiger partial charge in [0.15, 0.2) is 5.96 Å². The summed E-state index contributed by atoms with van der Waals surface area (Å²) in [4.78, 5) is 15.7. The highest BCUT2D eigenvalue weighted by Gasteiger charge is 2.18. The third-order valence-corrected chi connectivity index (χ3v) is 5.01. The molecule has 0 spiro atoms. The van der Waals surface area contributed by atoms with Crippen molar-refractivity contribution in [2.75, 3.05) is 52.2 Å². The molecular formula is C21H29FN6. The smallest absolute Gasteiger partial charge is 0.193 e. The maximum Gasteiger partial charge on any atom is 0.193 e. The van der Waals surface area contributed by atoms with Crippen LogP contribution in [0.15, 0.2) is 47.6 Å². The lowest BCUT2D eigenvalue weighted by Crippen LogP contribution is -2.45. The average molecular weight is 385 g/mol. The van der Waals surface area contributed by atoms with Crippen LogP contribution in [0, 0.1) is 5.82 Å². The molecule has 150 valence electrons. The van der Waals surface area contributed by atoms with E-state index < -0.39 is 0 Å². The summed E-state index contributed by atoms with van der Waals surface area (Å²) < 4.78 is 13.1. The first kappa shape index (κ1) is 20.1. The van der Waals surface area contributed by atoms with Crippen molar-refractivity contribution in [3.05, 3.63) is 59.5 Å². The molecule has 2 aromatic rings. The monoisotopic (exact) mass is 384 g/mol. The Bertz CT molecular complexity index is 784. The van der Waals surface area contributed by atoms with Crippen molar-refractivity contribution in [3.8, 4) is 0 Å². The van der Waals surface area contributed by atoms with Crippen LogP contribution in [0.5, 0.6) is 0 Å². The molecule has 1 aliphatic rings. The van der Waals surface area contributed by atoms with Crippen molar-refractivity contribution >= 4 is 11.8 Å². The van der Waals surface area contributed by atoms with E-state index in [1.54, 1.807) is 19.2 Å². The van der Waals surface area contributed by atoms with Gasteiger partial charge < -0.3 is 20.0 Å². The molecule has 0 atom stereocenters. The summed E-state index contributed by atoms with van der Waals surface area (Å²) >= 11 is 0. The van der Waals surface area contributed by atoms with Crippen molar-refractivity contribution in [2.24, 2.45) is 4.99 Å². The molecule has 0 unspecified atom stereocenters. The fraction of sp³-hybridized carbons (Fsp3) is 0.429. The number of nitrogens with one attached hydrogen (secondary N) is 1. The molecule has 28 heavy (non-hydrogen) atoms. The first-order valence-corrected chi connectivity index (χ1v) is 9.60. The van der Waals surface area contributed by atoms with E-state index in [9.17, 15) is 4.39 Å². The predicted molar refractivity (Wildman–Crippen MR) is 112 cm³/mol. The molecule has 1 aromatic heterocycles. The minimum atomic E-state index is -0.220. The summed E-state index contributed by atoms with van der Waals surface area (Å²) in [6, 6.07) is 10.6. The number of piperazine rings is 1. The summed E-state index contributed by atoms with van der Waals surface area (Å²) in [5, 5.41) is 3.43. The Hall–Kier alpha value is -2.67. The van der Waals surface area contributed by atoms with E-state index >= 15 is 0 Å². The zero-order valence-corrected chi connectivity index (χ0v) is 16.9. The van der Waals surface area contributed by atoms with Crippen LogP contribution < -0.4 is 10.2 Å². The molecule has 0 aliphatic carbocycles. The van der Waals surface area contributed by atoms with Gasteiger partial charge in [0, 0.05) is 65.1 Å². The maximum atomic E-state index is 13.1. The molecule has 6 nitrogen and oxygen atoms in total. The lowest BCUT2D eigenvalue weighted by molar-refractivity contribution is 0.311. The molecule has 7 heteroatoms. The highest BCUT2D eigenvalue weighted by atomic mass is 19.1. The second kappa shape index (κ2) is 9.50. The van der Waals surface area contributed by atoms with Crippen molar-refractivity contribution < 1.29 is 4.39 Å². The third-order valence-electron chi connectivity index (χ3n) is 5.01. The first-order chi connectivity index (χ1) is 13.6. The van der Waals surface area contributed by atoms with Gasteiger partial charge in [-0.2, -0.15) is 0 Å². The number of benzene rings is 1. The van der Waals surface area contributed by atoms with Crippen LogP contribution in [-0.4, -0.2) is 68.1 Å². The van der Waals surface area contributed by atoms with Crippen LogP contribution in [0.4, 0.5) is 10.2 Å². The topological polar surface area (TPSA) is 47.0 Å². The zero-order valence-electron chi connectivity index (χ0n) is 16.9. The normalized spacial score (nSPS) is 15.6. The number of pyridine rings is 1. The summed E-state index contributed by atoms with van der Waals surface area (Å²) in [5.41, 5.74) is 2.19. The van der Waals surface area contributed by atoms with Gasteiger partial charge in [-0.3, -0.25) is 4.99 Å². The molecule has 3 rings (SSSR count). The van der Waals surface area contributed by atoms with E-state index in [0.29, 0.717) is 13.1 Å². The van der Waals surface area contributed by atoms with E-state index in [4.69, 9.17) is 0 Å². The number of likely N-dealkylation sites (N-methyl/N-ethyl adjacent to an activating group) is 1. The molecule has 1 N–H and O–H groups in total. The molecule has 0 amide bonds. The Balaban J connectivity index is 1.63. The second-order valence-electron chi connectivity index (χ2n) is 7.16. The molecule has 1 fully saturated rings. The zero-order chi connectivity index (χ0) is 19.9. The first-order valence-electron chi connectivity index (χ1n) is 9.60. The van der Waals surface area contributed by atoms with E-state index in [2.05, 4.69) is 38.2 Å². The van der Waals surface area contributed by atoms with Crippen LogP contribution in [0.1, 0.15) is 11.1 Å². The van der Waals surface area contributed by atoms with Gasteiger partial charge in [0.1, 0.15) is 11.6 Å². The minimum Gasteiger partial charge on any atom is -0.354 e. The Kier molecular flexibility index (Phi) is 6.81. The number of rotatable bonds is 5. The van der Waals surface area contributed by atoms with Crippen molar-refractivity contribution in [2.45, 2.75) is 13.1 Å².